The third-order valence-corrected chi connectivity index (χ3v) is 4.21. The molecule has 0 N–H and O–H groups in total. The topological polar surface area (TPSA) is 18.5 Å². The fourth-order valence-corrected chi connectivity index (χ4v) is 2.75. The molecular weight excluding hydrogens is 347 g/mol. The van der Waals surface area contributed by atoms with E-state index in [0.29, 0.717) is 23.4 Å². The van der Waals surface area contributed by atoms with Crippen LogP contribution in [0.4, 0.5) is 4.39 Å². The van der Waals surface area contributed by atoms with Crippen molar-refractivity contribution in [1.82, 2.24) is 0 Å². The number of rotatable bonds is 2. The number of halogens is 3. The zero-order valence-electron chi connectivity index (χ0n) is 10.4. The van der Waals surface area contributed by atoms with Crippen molar-refractivity contribution in [3.05, 3.63) is 57.8 Å². The van der Waals surface area contributed by atoms with Crippen LogP contribution in [0.25, 0.3) is 0 Å². The molecule has 104 valence electrons. The Morgan fingerprint density at radius 3 is 2.40 bits per heavy atom. The molecule has 1 atom stereocenters. The Hall–Kier alpha value is -1.26. The number of hydrogen-bond donors (Lipinski definition) is 0. The molecule has 0 bridgehead atoms. The zero-order valence-corrected chi connectivity index (χ0v) is 12.7. The van der Waals surface area contributed by atoms with Gasteiger partial charge in [-0.05, 0) is 51.3 Å². The maximum absolute atomic E-state index is 13.3. The normalized spacial score (nSPS) is 14.9. The van der Waals surface area contributed by atoms with Crippen LogP contribution >= 0.6 is 27.5 Å². The Bertz CT molecular complexity index is 648. The molecule has 1 aliphatic rings. The van der Waals surface area contributed by atoms with Gasteiger partial charge in [-0.2, -0.15) is 0 Å². The molecule has 5 heteroatoms. The molecule has 0 saturated heterocycles. The van der Waals surface area contributed by atoms with Crippen molar-refractivity contribution in [2.24, 2.45) is 0 Å². The molecule has 20 heavy (non-hydrogen) atoms. The predicted molar refractivity (Wildman–Crippen MR) is 79.2 cm³/mol. The van der Waals surface area contributed by atoms with E-state index in [2.05, 4.69) is 15.9 Å². The molecule has 0 fully saturated rings. The minimum atomic E-state index is -0.372. The van der Waals surface area contributed by atoms with Crippen molar-refractivity contribution in [2.45, 2.75) is 5.38 Å². The average molecular weight is 358 g/mol. The van der Waals surface area contributed by atoms with Crippen molar-refractivity contribution in [1.29, 1.82) is 0 Å². The number of fused-ring (bicyclic) bond motifs is 1. The molecular formula is C15H11BrClFO2. The SMILES string of the molecule is Fc1ccc(C(Cl)c2ccc3c(c2)OCCO3)cc1Br. The molecule has 2 aromatic rings. The fourth-order valence-electron chi connectivity index (χ4n) is 2.08. The van der Waals surface area contributed by atoms with E-state index in [1.165, 1.54) is 6.07 Å². The summed E-state index contributed by atoms with van der Waals surface area (Å²) in [5.41, 5.74) is 1.70. The molecule has 0 aliphatic carbocycles. The Morgan fingerprint density at radius 1 is 1.00 bits per heavy atom. The van der Waals surface area contributed by atoms with Gasteiger partial charge in [-0.3, -0.25) is 0 Å². The van der Waals surface area contributed by atoms with Crippen LogP contribution in [0.1, 0.15) is 16.5 Å². The van der Waals surface area contributed by atoms with Gasteiger partial charge < -0.3 is 9.47 Å². The lowest BCUT2D eigenvalue weighted by Gasteiger charge is -2.20. The van der Waals surface area contributed by atoms with E-state index in [4.69, 9.17) is 21.1 Å². The molecule has 1 unspecified atom stereocenters. The first kappa shape index (κ1) is 13.7. The smallest absolute Gasteiger partial charge is 0.161 e. The minimum Gasteiger partial charge on any atom is -0.486 e. The minimum absolute atomic E-state index is 0.306. The van der Waals surface area contributed by atoms with Crippen LogP contribution in [-0.4, -0.2) is 13.2 Å². The highest BCUT2D eigenvalue weighted by Gasteiger charge is 2.17. The van der Waals surface area contributed by atoms with Gasteiger partial charge in [0.1, 0.15) is 19.0 Å². The first-order valence-corrected chi connectivity index (χ1v) is 7.36. The largest absolute Gasteiger partial charge is 0.486 e. The van der Waals surface area contributed by atoms with E-state index in [1.807, 2.05) is 18.2 Å². The summed E-state index contributed by atoms with van der Waals surface area (Å²) in [4.78, 5) is 0. The van der Waals surface area contributed by atoms with Gasteiger partial charge in [0.2, 0.25) is 0 Å². The van der Waals surface area contributed by atoms with Crippen LogP contribution in [-0.2, 0) is 0 Å². The van der Waals surface area contributed by atoms with E-state index in [-0.39, 0.29) is 11.2 Å². The van der Waals surface area contributed by atoms with E-state index in [1.54, 1.807) is 12.1 Å². The average Bonchev–Trinajstić information content (AvgIpc) is 2.49. The molecule has 1 heterocycles. The third-order valence-electron chi connectivity index (χ3n) is 3.10. The third kappa shape index (κ3) is 2.63. The molecule has 2 aromatic carbocycles. The second kappa shape index (κ2) is 5.62. The van der Waals surface area contributed by atoms with Crippen molar-refractivity contribution in [2.75, 3.05) is 13.2 Å². The summed E-state index contributed by atoms with van der Waals surface area (Å²) in [6.07, 6.45) is 0. The summed E-state index contributed by atoms with van der Waals surface area (Å²) < 4.78 is 24.7. The van der Waals surface area contributed by atoms with Crippen molar-refractivity contribution < 1.29 is 13.9 Å². The summed E-state index contributed by atoms with van der Waals surface area (Å²) in [7, 11) is 0. The van der Waals surface area contributed by atoms with E-state index >= 15 is 0 Å². The maximum atomic E-state index is 13.3. The van der Waals surface area contributed by atoms with E-state index in [0.717, 1.165) is 16.9 Å². The Balaban J connectivity index is 1.93. The zero-order chi connectivity index (χ0) is 14.1. The highest BCUT2D eigenvalue weighted by Crippen LogP contribution is 2.37. The van der Waals surface area contributed by atoms with E-state index in [9.17, 15) is 4.39 Å². The molecule has 0 amide bonds. The van der Waals surface area contributed by atoms with E-state index < -0.39 is 0 Å². The monoisotopic (exact) mass is 356 g/mol. The molecule has 1 aliphatic heterocycles. The highest BCUT2D eigenvalue weighted by molar-refractivity contribution is 9.10. The first-order valence-electron chi connectivity index (χ1n) is 6.14. The van der Waals surface area contributed by atoms with Crippen LogP contribution in [0.2, 0.25) is 0 Å². The molecule has 2 nitrogen and oxygen atoms in total. The number of ether oxygens (including phenoxy) is 2. The van der Waals surface area contributed by atoms with Gasteiger partial charge in [-0.1, -0.05) is 12.1 Å². The predicted octanol–water partition coefficient (Wildman–Crippen LogP) is 4.69. The second-order valence-corrected chi connectivity index (χ2v) is 5.73. The van der Waals surface area contributed by atoms with Crippen molar-refractivity contribution in [3.8, 4) is 11.5 Å². The van der Waals surface area contributed by atoms with Crippen LogP contribution in [0.5, 0.6) is 11.5 Å². The Labute approximate surface area is 129 Å². The molecule has 3 rings (SSSR count). The Morgan fingerprint density at radius 2 is 1.65 bits per heavy atom. The number of benzene rings is 2. The first-order chi connectivity index (χ1) is 9.65. The molecule has 0 radical (unpaired) electrons. The van der Waals surface area contributed by atoms with Crippen LogP contribution in [0, 0.1) is 5.82 Å². The lowest BCUT2D eigenvalue weighted by atomic mass is 10.0. The van der Waals surface area contributed by atoms with Gasteiger partial charge in [0.25, 0.3) is 0 Å². The summed E-state index contributed by atoms with van der Waals surface area (Å²) in [6.45, 7) is 1.09. The number of alkyl halides is 1. The molecule has 0 aromatic heterocycles. The van der Waals surface area contributed by atoms with Gasteiger partial charge in [-0.15, -0.1) is 11.6 Å². The molecule has 0 saturated carbocycles. The van der Waals surface area contributed by atoms with Gasteiger partial charge >= 0.3 is 0 Å². The summed E-state index contributed by atoms with van der Waals surface area (Å²) in [5.74, 6) is 1.12. The summed E-state index contributed by atoms with van der Waals surface area (Å²) in [6, 6.07) is 10.4. The quantitative estimate of drug-likeness (QED) is 0.726. The van der Waals surface area contributed by atoms with Gasteiger partial charge in [-0.25, -0.2) is 4.39 Å². The van der Waals surface area contributed by atoms with Gasteiger partial charge in [0.05, 0.1) is 9.85 Å². The fraction of sp³-hybridized carbons (Fsp3) is 0.200. The van der Waals surface area contributed by atoms with Crippen LogP contribution in [0.15, 0.2) is 40.9 Å². The van der Waals surface area contributed by atoms with Gasteiger partial charge in [0, 0.05) is 0 Å². The Kier molecular flexibility index (Phi) is 3.85. The maximum Gasteiger partial charge on any atom is 0.161 e. The van der Waals surface area contributed by atoms with Crippen molar-refractivity contribution in [3.63, 3.8) is 0 Å². The van der Waals surface area contributed by atoms with Crippen LogP contribution in [0.3, 0.4) is 0 Å². The number of hydrogen-bond acceptors (Lipinski definition) is 2. The molecule has 0 spiro atoms. The second-order valence-electron chi connectivity index (χ2n) is 4.44. The highest BCUT2D eigenvalue weighted by atomic mass is 79.9. The van der Waals surface area contributed by atoms with Crippen LogP contribution < -0.4 is 9.47 Å². The van der Waals surface area contributed by atoms with Crippen molar-refractivity contribution >= 4 is 27.5 Å². The standard InChI is InChI=1S/C15H11BrClFO2/c16-11-7-9(1-3-12(11)18)15(17)10-2-4-13-14(8-10)20-6-5-19-13/h1-4,7-8,15H,5-6H2. The van der Waals surface area contributed by atoms with Gasteiger partial charge in [0.15, 0.2) is 11.5 Å². The lowest BCUT2D eigenvalue weighted by Crippen LogP contribution is -2.15. The lowest BCUT2D eigenvalue weighted by molar-refractivity contribution is 0.171. The summed E-state index contributed by atoms with van der Waals surface area (Å²) >= 11 is 9.63. The summed E-state index contributed by atoms with van der Waals surface area (Å²) in [5, 5.41) is -0.372.